The molecule has 2 aromatic rings. The summed E-state index contributed by atoms with van der Waals surface area (Å²) in [4.78, 5) is 11.0. The highest BCUT2D eigenvalue weighted by Gasteiger charge is 2.19. The van der Waals surface area contributed by atoms with Gasteiger partial charge in [-0.25, -0.2) is 18.0 Å². The number of carboxylic acids is 1. The van der Waals surface area contributed by atoms with E-state index in [4.69, 9.17) is 5.11 Å². The number of benzene rings is 2. The molecule has 0 aliphatic carbocycles. The second-order valence-electron chi connectivity index (χ2n) is 3.59. The maximum Gasteiger partial charge on any atom is 0.339 e. The zero-order chi connectivity index (χ0) is 13.3. The number of rotatable bonds is 2. The van der Waals surface area contributed by atoms with Crippen LogP contribution < -0.4 is 0 Å². The molecule has 0 fully saturated rings. The third-order valence-corrected chi connectivity index (χ3v) is 2.45. The molecule has 0 radical (unpaired) electrons. The van der Waals surface area contributed by atoms with Crippen molar-refractivity contribution in [3.63, 3.8) is 0 Å². The lowest BCUT2D eigenvalue weighted by Crippen LogP contribution is -2.04. The number of hydrogen-bond acceptors (Lipinski definition) is 1. The number of carboxylic acid groups (broad SMARTS) is 1. The summed E-state index contributed by atoms with van der Waals surface area (Å²) in [6.07, 6.45) is 0. The Morgan fingerprint density at radius 2 is 1.67 bits per heavy atom. The van der Waals surface area contributed by atoms with Gasteiger partial charge in [-0.2, -0.15) is 0 Å². The summed E-state index contributed by atoms with van der Waals surface area (Å²) in [5, 5.41) is 8.91. The molecular formula is C13H7F3O2. The van der Waals surface area contributed by atoms with Crippen LogP contribution >= 0.6 is 0 Å². The van der Waals surface area contributed by atoms with Gasteiger partial charge in [0.15, 0.2) is 0 Å². The molecule has 2 nitrogen and oxygen atoms in total. The van der Waals surface area contributed by atoms with E-state index >= 15 is 0 Å². The molecule has 2 rings (SSSR count). The van der Waals surface area contributed by atoms with Crippen LogP contribution in [0.5, 0.6) is 0 Å². The third kappa shape index (κ3) is 2.07. The van der Waals surface area contributed by atoms with Gasteiger partial charge in [-0.15, -0.1) is 0 Å². The summed E-state index contributed by atoms with van der Waals surface area (Å²) >= 11 is 0. The van der Waals surface area contributed by atoms with E-state index in [1.54, 1.807) is 0 Å². The Morgan fingerprint density at radius 1 is 0.944 bits per heavy atom. The van der Waals surface area contributed by atoms with Crippen LogP contribution in [0, 0.1) is 17.5 Å². The Morgan fingerprint density at radius 3 is 2.33 bits per heavy atom. The summed E-state index contributed by atoms with van der Waals surface area (Å²) in [6, 6.07) is 6.01. The van der Waals surface area contributed by atoms with E-state index < -0.39 is 29.0 Å². The van der Waals surface area contributed by atoms with Crippen molar-refractivity contribution in [2.75, 3.05) is 0 Å². The molecule has 0 aliphatic heterocycles. The highest BCUT2D eigenvalue weighted by Crippen LogP contribution is 2.28. The summed E-state index contributed by atoms with van der Waals surface area (Å²) < 4.78 is 40.0. The predicted octanol–water partition coefficient (Wildman–Crippen LogP) is 3.47. The van der Waals surface area contributed by atoms with Gasteiger partial charge in [-0.05, 0) is 24.3 Å². The molecule has 0 heterocycles. The smallest absolute Gasteiger partial charge is 0.339 e. The molecule has 92 valence electrons. The quantitative estimate of drug-likeness (QED) is 0.888. The molecule has 0 aromatic heterocycles. The highest BCUT2D eigenvalue weighted by molar-refractivity contribution is 5.96. The monoisotopic (exact) mass is 252 g/mol. The van der Waals surface area contributed by atoms with Gasteiger partial charge >= 0.3 is 5.97 Å². The average molecular weight is 252 g/mol. The van der Waals surface area contributed by atoms with Crippen molar-refractivity contribution in [2.45, 2.75) is 0 Å². The Labute approximate surface area is 100 Å². The van der Waals surface area contributed by atoms with Crippen molar-refractivity contribution in [2.24, 2.45) is 0 Å². The first-order valence-electron chi connectivity index (χ1n) is 4.98. The van der Waals surface area contributed by atoms with E-state index in [1.165, 1.54) is 12.1 Å². The summed E-state index contributed by atoms with van der Waals surface area (Å²) in [5.41, 5.74) is -1.16. The van der Waals surface area contributed by atoms with Crippen LogP contribution in [0.4, 0.5) is 13.2 Å². The third-order valence-electron chi connectivity index (χ3n) is 2.45. The molecule has 5 heteroatoms. The van der Waals surface area contributed by atoms with Crippen molar-refractivity contribution in [1.82, 2.24) is 0 Å². The van der Waals surface area contributed by atoms with E-state index in [0.717, 1.165) is 24.3 Å². The predicted molar refractivity (Wildman–Crippen MR) is 58.7 cm³/mol. The Balaban J connectivity index is 2.75. The number of hydrogen-bond donors (Lipinski definition) is 1. The molecule has 18 heavy (non-hydrogen) atoms. The second kappa shape index (κ2) is 4.52. The molecule has 2 aromatic carbocycles. The number of aromatic carboxylic acids is 1. The zero-order valence-corrected chi connectivity index (χ0v) is 8.95. The van der Waals surface area contributed by atoms with Gasteiger partial charge in [0.1, 0.15) is 23.0 Å². The molecule has 0 amide bonds. The summed E-state index contributed by atoms with van der Waals surface area (Å²) in [7, 11) is 0. The van der Waals surface area contributed by atoms with E-state index in [-0.39, 0.29) is 11.1 Å². The fraction of sp³-hybridized carbons (Fsp3) is 0. The minimum Gasteiger partial charge on any atom is -0.478 e. The standard InChI is InChI=1S/C13H7F3O2/c14-7-4-5-10(15)9(6-7)8-2-1-3-11(16)12(8)13(17)18/h1-6H,(H,17,18). The Hall–Kier alpha value is -2.30. The van der Waals surface area contributed by atoms with Gasteiger partial charge in [0.2, 0.25) is 0 Å². The fourth-order valence-electron chi connectivity index (χ4n) is 1.67. The van der Waals surface area contributed by atoms with Crippen molar-refractivity contribution < 1.29 is 23.1 Å². The first kappa shape index (κ1) is 12.2. The largest absolute Gasteiger partial charge is 0.478 e. The SMILES string of the molecule is O=C(O)c1c(F)cccc1-c1cc(F)ccc1F. The van der Waals surface area contributed by atoms with Crippen molar-refractivity contribution in [3.8, 4) is 11.1 Å². The van der Waals surface area contributed by atoms with Crippen LogP contribution in [0.15, 0.2) is 36.4 Å². The molecule has 0 saturated heterocycles. The fourth-order valence-corrected chi connectivity index (χ4v) is 1.67. The first-order valence-corrected chi connectivity index (χ1v) is 4.98. The minimum atomic E-state index is -1.54. The number of carbonyl (C=O) groups is 1. The molecule has 0 spiro atoms. The van der Waals surface area contributed by atoms with Crippen molar-refractivity contribution in [3.05, 3.63) is 59.4 Å². The maximum absolute atomic E-state index is 13.5. The van der Waals surface area contributed by atoms with E-state index in [1.807, 2.05) is 0 Å². The molecule has 0 bridgehead atoms. The molecular weight excluding hydrogens is 245 g/mol. The Bertz CT molecular complexity index is 624. The molecule has 1 N–H and O–H groups in total. The van der Waals surface area contributed by atoms with Crippen molar-refractivity contribution >= 4 is 5.97 Å². The van der Waals surface area contributed by atoms with Gasteiger partial charge < -0.3 is 5.11 Å². The molecule has 0 saturated carbocycles. The lowest BCUT2D eigenvalue weighted by molar-refractivity contribution is 0.0693. The van der Waals surface area contributed by atoms with E-state index in [0.29, 0.717) is 0 Å². The normalized spacial score (nSPS) is 10.4. The topological polar surface area (TPSA) is 37.3 Å². The zero-order valence-electron chi connectivity index (χ0n) is 8.95. The van der Waals surface area contributed by atoms with E-state index in [9.17, 15) is 18.0 Å². The lowest BCUT2D eigenvalue weighted by atomic mass is 9.98. The molecule has 0 unspecified atom stereocenters. The van der Waals surface area contributed by atoms with Gasteiger partial charge in [0.05, 0.1) is 0 Å². The van der Waals surface area contributed by atoms with Gasteiger partial charge in [0, 0.05) is 11.1 Å². The summed E-state index contributed by atoms with van der Waals surface area (Å²) in [6.45, 7) is 0. The van der Waals surface area contributed by atoms with Crippen molar-refractivity contribution in [1.29, 1.82) is 0 Å². The average Bonchev–Trinajstić information content (AvgIpc) is 2.31. The van der Waals surface area contributed by atoms with Crippen LogP contribution in [0.2, 0.25) is 0 Å². The summed E-state index contributed by atoms with van der Waals surface area (Å²) in [5.74, 6) is -4.08. The van der Waals surface area contributed by atoms with Crippen LogP contribution in [0.3, 0.4) is 0 Å². The molecule has 0 atom stereocenters. The van der Waals surface area contributed by atoms with Gasteiger partial charge in [-0.3, -0.25) is 0 Å². The van der Waals surface area contributed by atoms with Gasteiger partial charge in [-0.1, -0.05) is 12.1 Å². The van der Waals surface area contributed by atoms with E-state index in [2.05, 4.69) is 0 Å². The molecule has 0 aliphatic rings. The number of halogens is 3. The van der Waals surface area contributed by atoms with Crippen LogP contribution in [0.25, 0.3) is 11.1 Å². The van der Waals surface area contributed by atoms with Crippen LogP contribution in [0.1, 0.15) is 10.4 Å². The highest BCUT2D eigenvalue weighted by atomic mass is 19.1. The van der Waals surface area contributed by atoms with Crippen LogP contribution in [-0.4, -0.2) is 11.1 Å². The maximum atomic E-state index is 13.5. The lowest BCUT2D eigenvalue weighted by Gasteiger charge is -2.08. The van der Waals surface area contributed by atoms with Gasteiger partial charge in [0.25, 0.3) is 0 Å². The first-order chi connectivity index (χ1) is 8.50. The van der Waals surface area contributed by atoms with Crippen LogP contribution in [-0.2, 0) is 0 Å². The second-order valence-corrected chi connectivity index (χ2v) is 3.59. The Kier molecular flexibility index (Phi) is 3.06. The minimum absolute atomic E-state index is 0.195.